The van der Waals surface area contributed by atoms with Crippen LogP contribution in [0.2, 0.25) is 0 Å². The first-order chi connectivity index (χ1) is 19.0. The molecule has 39 heavy (non-hydrogen) atoms. The van der Waals surface area contributed by atoms with E-state index in [-0.39, 0.29) is 30.7 Å². The van der Waals surface area contributed by atoms with Crippen LogP contribution < -0.4 is 5.32 Å². The predicted molar refractivity (Wildman–Crippen MR) is 145 cm³/mol. The summed E-state index contributed by atoms with van der Waals surface area (Å²) in [5.74, 6) is -1.35. The summed E-state index contributed by atoms with van der Waals surface area (Å²) >= 11 is 0. The number of carbonyl (C=O) groups excluding carboxylic acids is 2. The molecular weight excluding hydrogens is 497 g/mol. The van der Waals surface area contributed by atoms with Crippen molar-refractivity contribution in [1.29, 1.82) is 0 Å². The van der Waals surface area contributed by atoms with Gasteiger partial charge in [0.05, 0.1) is 11.6 Å². The zero-order chi connectivity index (χ0) is 27.2. The molecule has 9 heteroatoms. The number of benzene rings is 3. The van der Waals surface area contributed by atoms with Crippen LogP contribution in [0.25, 0.3) is 11.0 Å². The topological polar surface area (TPSA) is 89.4 Å². The average molecular weight is 530 g/mol. The minimum Gasteiger partial charge on any atom is -0.376 e. The van der Waals surface area contributed by atoms with E-state index in [0.29, 0.717) is 30.6 Å². The maximum absolute atomic E-state index is 15.2. The van der Waals surface area contributed by atoms with Crippen LogP contribution in [0, 0.1) is 12.7 Å². The van der Waals surface area contributed by atoms with Crippen LogP contribution >= 0.6 is 0 Å². The van der Waals surface area contributed by atoms with Crippen molar-refractivity contribution in [3.8, 4) is 0 Å². The SMILES string of the molecule is Cc1ccccc1CCN(C(=O)Cn1nnc2ccccc21)[C@H](C(=O)NC[C@H]1CCCO1)c1ccccc1F. The number of carbonyl (C=O) groups is 2. The third kappa shape index (κ3) is 6.15. The van der Waals surface area contributed by atoms with Gasteiger partial charge in [-0.3, -0.25) is 9.59 Å². The second-order valence-corrected chi connectivity index (χ2v) is 9.80. The van der Waals surface area contributed by atoms with Gasteiger partial charge < -0.3 is 15.0 Å². The van der Waals surface area contributed by atoms with Crippen molar-refractivity contribution in [1.82, 2.24) is 25.2 Å². The molecule has 0 saturated carbocycles. The number of hydrogen-bond donors (Lipinski definition) is 1. The largest absolute Gasteiger partial charge is 0.376 e. The molecule has 0 unspecified atom stereocenters. The maximum Gasteiger partial charge on any atom is 0.247 e. The van der Waals surface area contributed by atoms with Crippen molar-refractivity contribution in [2.45, 2.75) is 44.9 Å². The van der Waals surface area contributed by atoms with E-state index in [2.05, 4.69) is 15.6 Å². The third-order valence-electron chi connectivity index (χ3n) is 7.20. The molecule has 2 heterocycles. The number of halogens is 1. The van der Waals surface area contributed by atoms with E-state index in [1.54, 1.807) is 18.2 Å². The normalized spacial score (nSPS) is 15.8. The van der Waals surface area contributed by atoms with Gasteiger partial charge in [0.15, 0.2) is 0 Å². The number of fused-ring (bicyclic) bond motifs is 1. The number of rotatable bonds is 10. The van der Waals surface area contributed by atoms with Gasteiger partial charge in [-0.25, -0.2) is 9.07 Å². The molecule has 202 valence electrons. The fourth-order valence-electron chi connectivity index (χ4n) is 5.05. The molecule has 1 saturated heterocycles. The highest BCUT2D eigenvalue weighted by Gasteiger charge is 2.34. The Bertz CT molecular complexity index is 1450. The van der Waals surface area contributed by atoms with Crippen molar-refractivity contribution in [2.75, 3.05) is 19.7 Å². The molecule has 5 rings (SSSR count). The maximum atomic E-state index is 15.2. The van der Waals surface area contributed by atoms with Crippen molar-refractivity contribution < 1.29 is 18.7 Å². The van der Waals surface area contributed by atoms with Crippen molar-refractivity contribution in [2.24, 2.45) is 0 Å². The predicted octanol–water partition coefficient (Wildman–Crippen LogP) is 3.99. The summed E-state index contributed by atoms with van der Waals surface area (Å²) in [4.78, 5) is 29.2. The fraction of sp³-hybridized carbons (Fsp3) is 0.333. The lowest BCUT2D eigenvalue weighted by Gasteiger charge is -2.32. The highest BCUT2D eigenvalue weighted by atomic mass is 19.1. The molecule has 0 aliphatic carbocycles. The van der Waals surface area contributed by atoms with Crippen LogP contribution in [-0.4, -0.2) is 57.5 Å². The number of ether oxygens (including phenoxy) is 1. The average Bonchev–Trinajstić information content (AvgIpc) is 3.62. The molecule has 8 nitrogen and oxygen atoms in total. The Morgan fingerprint density at radius 2 is 1.87 bits per heavy atom. The quantitative estimate of drug-likeness (QED) is 0.336. The Morgan fingerprint density at radius 3 is 2.67 bits per heavy atom. The van der Waals surface area contributed by atoms with E-state index in [0.717, 1.165) is 24.0 Å². The molecule has 1 N–H and O–H groups in total. The zero-order valence-electron chi connectivity index (χ0n) is 21.9. The van der Waals surface area contributed by atoms with E-state index < -0.39 is 17.8 Å². The lowest BCUT2D eigenvalue weighted by Crippen LogP contribution is -2.47. The minimum absolute atomic E-state index is 0.0900. The summed E-state index contributed by atoms with van der Waals surface area (Å²) in [5, 5.41) is 11.2. The summed E-state index contributed by atoms with van der Waals surface area (Å²) in [5.41, 5.74) is 3.64. The Balaban J connectivity index is 1.48. The van der Waals surface area contributed by atoms with Crippen molar-refractivity contribution in [3.05, 3.63) is 95.3 Å². The van der Waals surface area contributed by atoms with E-state index >= 15 is 4.39 Å². The Labute approximate surface area is 226 Å². The van der Waals surface area contributed by atoms with Crippen LogP contribution in [0.15, 0.2) is 72.8 Å². The first kappa shape index (κ1) is 26.5. The molecule has 2 amide bonds. The van der Waals surface area contributed by atoms with E-state index in [1.165, 1.54) is 15.6 Å². The number of amides is 2. The van der Waals surface area contributed by atoms with Gasteiger partial charge in [0.1, 0.15) is 23.9 Å². The molecule has 0 spiro atoms. The van der Waals surface area contributed by atoms with E-state index in [1.807, 2.05) is 55.5 Å². The van der Waals surface area contributed by atoms with Gasteiger partial charge in [-0.15, -0.1) is 5.10 Å². The number of aromatic nitrogens is 3. The molecule has 1 aliphatic heterocycles. The van der Waals surface area contributed by atoms with Gasteiger partial charge in [0.2, 0.25) is 11.8 Å². The molecule has 1 aliphatic rings. The first-order valence-electron chi connectivity index (χ1n) is 13.3. The summed E-state index contributed by atoms with van der Waals surface area (Å²) in [6, 6.07) is 20.2. The Morgan fingerprint density at radius 1 is 1.10 bits per heavy atom. The standard InChI is InChI=1S/C30H32FN5O3/c1-21-9-2-3-10-22(21)16-17-35(28(37)20-36-27-15-7-6-14-26(27)33-34-36)29(24-12-4-5-13-25(24)31)30(38)32-19-23-11-8-18-39-23/h2-7,9-10,12-15,23,29H,8,11,16-20H2,1H3,(H,32,38)/t23-,29+/m1/s1. The summed E-state index contributed by atoms with van der Waals surface area (Å²) in [6.07, 6.45) is 2.19. The first-order valence-corrected chi connectivity index (χ1v) is 13.3. The molecule has 0 bridgehead atoms. The van der Waals surface area contributed by atoms with Crippen LogP contribution in [0.5, 0.6) is 0 Å². The van der Waals surface area contributed by atoms with Crippen LogP contribution in [0.4, 0.5) is 4.39 Å². The van der Waals surface area contributed by atoms with Crippen LogP contribution in [0.1, 0.15) is 35.6 Å². The molecular formula is C30H32FN5O3. The second-order valence-electron chi connectivity index (χ2n) is 9.80. The summed E-state index contributed by atoms with van der Waals surface area (Å²) < 4.78 is 22.4. The Hall–Kier alpha value is -4.11. The molecule has 1 aromatic heterocycles. The molecule has 2 atom stereocenters. The monoisotopic (exact) mass is 529 g/mol. The van der Waals surface area contributed by atoms with Gasteiger partial charge in [-0.05, 0) is 55.5 Å². The lowest BCUT2D eigenvalue weighted by atomic mass is 10.0. The van der Waals surface area contributed by atoms with Crippen LogP contribution in [0.3, 0.4) is 0 Å². The molecule has 3 aromatic carbocycles. The number of para-hydroxylation sites is 1. The van der Waals surface area contributed by atoms with Crippen LogP contribution in [-0.2, 0) is 27.3 Å². The Kier molecular flexibility index (Phi) is 8.27. The fourth-order valence-corrected chi connectivity index (χ4v) is 5.05. The summed E-state index contributed by atoms with van der Waals surface area (Å²) in [7, 11) is 0. The van der Waals surface area contributed by atoms with Gasteiger partial charge in [0.25, 0.3) is 0 Å². The van der Waals surface area contributed by atoms with E-state index in [4.69, 9.17) is 4.74 Å². The van der Waals surface area contributed by atoms with Crippen molar-refractivity contribution in [3.63, 3.8) is 0 Å². The third-order valence-corrected chi connectivity index (χ3v) is 7.20. The minimum atomic E-state index is -1.17. The van der Waals surface area contributed by atoms with Gasteiger partial charge in [-0.1, -0.05) is 59.8 Å². The van der Waals surface area contributed by atoms with Gasteiger partial charge in [-0.2, -0.15) is 0 Å². The molecule has 4 aromatic rings. The smallest absolute Gasteiger partial charge is 0.247 e. The lowest BCUT2D eigenvalue weighted by molar-refractivity contribution is -0.141. The molecule has 0 radical (unpaired) electrons. The van der Waals surface area contributed by atoms with Gasteiger partial charge in [0, 0.05) is 25.3 Å². The number of nitrogens with zero attached hydrogens (tertiary/aromatic N) is 4. The van der Waals surface area contributed by atoms with Gasteiger partial charge >= 0.3 is 0 Å². The highest BCUT2D eigenvalue weighted by molar-refractivity contribution is 5.89. The summed E-state index contributed by atoms with van der Waals surface area (Å²) in [6.45, 7) is 3.04. The van der Waals surface area contributed by atoms with E-state index in [9.17, 15) is 9.59 Å². The number of hydrogen-bond acceptors (Lipinski definition) is 5. The second kappa shape index (κ2) is 12.2. The van der Waals surface area contributed by atoms with Crippen molar-refractivity contribution >= 4 is 22.8 Å². The highest BCUT2D eigenvalue weighted by Crippen LogP contribution is 2.26. The molecule has 1 fully saturated rings. The number of nitrogens with one attached hydrogen (secondary N) is 1. The number of aryl methyl sites for hydroxylation is 1. The zero-order valence-corrected chi connectivity index (χ0v) is 21.9.